The van der Waals surface area contributed by atoms with E-state index >= 15 is 0 Å². The molecule has 1 unspecified atom stereocenters. The summed E-state index contributed by atoms with van der Waals surface area (Å²) in [5.41, 5.74) is 6.35. The first kappa shape index (κ1) is 15.9. The molecule has 1 aromatic carbocycles. The summed E-state index contributed by atoms with van der Waals surface area (Å²) in [4.78, 5) is 30.8. The van der Waals surface area contributed by atoms with Gasteiger partial charge >= 0.3 is 0 Å². The molecule has 0 aliphatic carbocycles. The molecule has 0 spiro atoms. The molecule has 8 nitrogen and oxygen atoms in total. The highest BCUT2D eigenvalue weighted by atomic mass is 16.5. The second kappa shape index (κ2) is 6.23. The minimum absolute atomic E-state index is 0.0376. The van der Waals surface area contributed by atoms with Gasteiger partial charge in [-0.3, -0.25) is 14.6 Å². The second-order valence-electron chi connectivity index (χ2n) is 5.36. The molecule has 0 bridgehead atoms. The fraction of sp³-hybridized carbons (Fsp3) is 0.312. The first-order valence-corrected chi connectivity index (χ1v) is 7.53. The number of rotatable bonds is 4. The lowest BCUT2D eigenvalue weighted by molar-refractivity contribution is -0.116. The largest absolute Gasteiger partial charge is 0.493 e. The molecule has 0 saturated carbocycles. The molecule has 8 heteroatoms. The van der Waals surface area contributed by atoms with Gasteiger partial charge in [-0.05, 0) is 24.6 Å². The zero-order valence-corrected chi connectivity index (χ0v) is 13.4. The quantitative estimate of drug-likeness (QED) is 0.776. The van der Waals surface area contributed by atoms with Gasteiger partial charge in [0.1, 0.15) is 5.82 Å². The summed E-state index contributed by atoms with van der Waals surface area (Å²) >= 11 is 0. The standard InChI is InChI=1S/C16H18N4O4/c1-3-24-11-6-8(4-5-10(11)23-2)9-7-12(21)18-14-13(9)15(22)20-16(17)19-14/h4-6,9H,3,7H2,1-2H3,(H4,17,18,19,20,21,22). The molecule has 0 saturated heterocycles. The summed E-state index contributed by atoms with van der Waals surface area (Å²) in [7, 11) is 1.55. The third-order valence-electron chi connectivity index (χ3n) is 3.86. The molecule has 24 heavy (non-hydrogen) atoms. The van der Waals surface area contributed by atoms with Crippen molar-refractivity contribution in [1.29, 1.82) is 0 Å². The zero-order valence-electron chi connectivity index (χ0n) is 13.4. The van der Waals surface area contributed by atoms with Crippen molar-refractivity contribution in [2.24, 2.45) is 0 Å². The maximum atomic E-state index is 12.3. The Labute approximate surface area is 138 Å². The van der Waals surface area contributed by atoms with Gasteiger partial charge in [0.25, 0.3) is 5.56 Å². The molecule has 2 heterocycles. The van der Waals surface area contributed by atoms with Crippen LogP contribution in [-0.4, -0.2) is 29.6 Å². The van der Waals surface area contributed by atoms with Crippen LogP contribution in [0.3, 0.4) is 0 Å². The Morgan fingerprint density at radius 2 is 2.12 bits per heavy atom. The van der Waals surface area contributed by atoms with E-state index in [0.29, 0.717) is 23.7 Å². The zero-order chi connectivity index (χ0) is 17.3. The molecule has 4 N–H and O–H groups in total. The van der Waals surface area contributed by atoms with Crippen LogP contribution in [0.15, 0.2) is 23.0 Å². The number of carbonyl (C=O) groups excluding carboxylic acids is 1. The van der Waals surface area contributed by atoms with Crippen molar-refractivity contribution < 1.29 is 14.3 Å². The van der Waals surface area contributed by atoms with E-state index in [9.17, 15) is 9.59 Å². The molecule has 1 atom stereocenters. The van der Waals surface area contributed by atoms with Gasteiger partial charge in [-0.2, -0.15) is 4.98 Å². The predicted molar refractivity (Wildman–Crippen MR) is 88.5 cm³/mol. The van der Waals surface area contributed by atoms with E-state index in [4.69, 9.17) is 15.2 Å². The van der Waals surface area contributed by atoms with Crippen molar-refractivity contribution in [3.8, 4) is 11.5 Å². The Bertz CT molecular complexity index is 846. The number of amides is 1. The first-order valence-electron chi connectivity index (χ1n) is 7.53. The number of fused-ring (bicyclic) bond motifs is 1. The van der Waals surface area contributed by atoms with Gasteiger partial charge in [0, 0.05) is 12.3 Å². The van der Waals surface area contributed by atoms with Crippen LogP contribution < -0.4 is 26.1 Å². The molecule has 1 aliphatic rings. The van der Waals surface area contributed by atoms with Crippen LogP contribution in [0.25, 0.3) is 0 Å². The fourth-order valence-electron chi connectivity index (χ4n) is 2.85. The number of methoxy groups -OCH3 is 1. The number of ether oxygens (including phenoxy) is 2. The van der Waals surface area contributed by atoms with Crippen LogP contribution in [0.4, 0.5) is 11.8 Å². The Balaban J connectivity index is 2.12. The van der Waals surface area contributed by atoms with Crippen LogP contribution in [0, 0.1) is 0 Å². The minimum atomic E-state index is -0.435. The minimum Gasteiger partial charge on any atom is -0.493 e. The summed E-state index contributed by atoms with van der Waals surface area (Å²) in [6.07, 6.45) is 0.138. The third kappa shape index (κ3) is 2.78. The van der Waals surface area contributed by atoms with Gasteiger partial charge < -0.3 is 20.5 Å². The van der Waals surface area contributed by atoms with Crippen LogP contribution in [-0.2, 0) is 4.79 Å². The number of hydrogen-bond acceptors (Lipinski definition) is 6. The fourth-order valence-corrected chi connectivity index (χ4v) is 2.85. The lowest BCUT2D eigenvalue weighted by atomic mass is 9.86. The lowest BCUT2D eigenvalue weighted by Gasteiger charge is -2.24. The number of nitrogens with zero attached hydrogens (tertiary/aromatic N) is 1. The molecule has 2 aromatic rings. The van der Waals surface area contributed by atoms with Gasteiger partial charge in [-0.25, -0.2) is 0 Å². The molecule has 0 radical (unpaired) electrons. The van der Waals surface area contributed by atoms with Gasteiger partial charge in [0.15, 0.2) is 11.5 Å². The van der Waals surface area contributed by atoms with Crippen molar-refractivity contribution in [2.45, 2.75) is 19.3 Å². The lowest BCUT2D eigenvalue weighted by Crippen LogP contribution is -2.31. The second-order valence-corrected chi connectivity index (χ2v) is 5.36. The number of anilines is 2. The monoisotopic (exact) mass is 330 g/mol. The van der Waals surface area contributed by atoms with Crippen LogP contribution >= 0.6 is 0 Å². The van der Waals surface area contributed by atoms with Crippen molar-refractivity contribution in [1.82, 2.24) is 9.97 Å². The van der Waals surface area contributed by atoms with Crippen LogP contribution in [0.2, 0.25) is 0 Å². The molecular formula is C16H18N4O4. The summed E-state index contributed by atoms with van der Waals surface area (Å²) in [5.74, 6) is 0.653. The van der Waals surface area contributed by atoms with E-state index in [1.54, 1.807) is 19.2 Å². The summed E-state index contributed by atoms with van der Waals surface area (Å²) < 4.78 is 10.8. The van der Waals surface area contributed by atoms with Crippen LogP contribution in [0.1, 0.15) is 30.4 Å². The number of hydrogen-bond donors (Lipinski definition) is 3. The first-order chi connectivity index (χ1) is 11.5. The van der Waals surface area contributed by atoms with Crippen molar-refractivity contribution in [3.63, 3.8) is 0 Å². The van der Waals surface area contributed by atoms with Crippen molar-refractivity contribution in [2.75, 3.05) is 24.8 Å². The Hall–Kier alpha value is -3.03. The number of nitrogens with one attached hydrogen (secondary N) is 2. The Morgan fingerprint density at radius 1 is 1.33 bits per heavy atom. The molecule has 1 aliphatic heterocycles. The highest BCUT2D eigenvalue weighted by Crippen LogP contribution is 2.38. The van der Waals surface area contributed by atoms with Crippen LogP contribution in [0.5, 0.6) is 11.5 Å². The van der Waals surface area contributed by atoms with E-state index in [1.165, 1.54) is 0 Å². The maximum absolute atomic E-state index is 12.3. The number of benzene rings is 1. The number of aromatic nitrogens is 2. The van der Waals surface area contributed by atoms with E-state index in [-0.39, 0.29) is 29.7 Å². The number of carbonyl (C=O) groups is 1. The van der Waals surface area contributed by atoms with E-state index in [1.807, 2.05) is 13.0 Å². The topological polar surface area (TPSA) is 119 Å². The molecule has 126 valence electrons. The van der Waals surface area contributed by atoms with Crippen molar-refractivity contribution >= 4 is 17.7 Å². The maximum Gasteiger partial charge on any atom is 0.258 e. The normalized spacial score (nSPS) is 16.2. The number of nitrogens with two attached hydrogens (primary N) is 1. The number of H-pyrrole nitrogens is 1. The van der Waals surface area contributed by atoms with E-state index in [0.717, 1.165) is 5.56 Å². The highest BCUT2D eigenvalue weighted by molar-refractivity contribution is 5.94. The average Bonchev–Trinajstić information content (AvgIpc) is 2.53. The highest BCUT2D eigenvalue weighted by Gasteiger charge is 2.31. The van der Waals surface area contributed by atoms with E-state index in [2.05, 4.69) is 15.3 Å². The molecule has 1 amide bonds. The molecule has 0 fully saturated rings. The van der Waals surface area contributed by atoms with E-state index < -0.39 is 5.92 Å². The van der Waals surface area contributed by atoms with Gasteiger partial charge in [-0.15, -0.1) is 0 Å². The molecule has 3 rings (SSSR count). The predicted octanol–water partition coefficient (Wildman–Crippen LogP) is 1.23. The molecular weight excluding hydrogens is 312 g/mol. The third-order valence-corrected chi connectivity index (χ3v) is 3.86. The average molecular weight is 330 g/mol. The number of nitrogen functional groups attached to an aromatic ring is 1. The van der Waals surface area contributed by atoms with Gasteiger partial charge in [0.05, 0.1) is 19.3 Å². The Kier molecular flexibility index (Phi) is 4.11. The summed E-state index contributed by atoms with van der Waals surface area (Å²) in [5, 5.41) is 2.60. The van der Waals surface area contributed by atoms with Gasteiger partial charge in [-0.1, -0.05) is 6.07 Å². The van der Waals surface area contributed by atoms with Gasteiger partial charge in [0.2, 0.25) is 11.9 Å². The molecule has 1 aromatic heterocycles. The summed E-state index contributed by atoms with van der Waals surface area (Å²) in [6, 6.07) is 5.35. The SMILES string of the molecule is CCOc1cc(C2CC(=O)Nc3nc(N)[nH]c(=O)c32)ccc1OC. The van der Waals surface area contributed by atoms with Crippen molar-refractivity contribution in [3.05, 3.63) is 39.7 Å². The number of aromatic amines is 1. The smallest absolute Gasteiger partial charge is 0.258 e. The summed E-state index contributed by atoms with van der Waals surface area (Å²) in [6.45, 7) is 2.34. The Morgan fingerprint density at radius 3 is 2.83 bits per heavy atom.